The standard InChI is InChI=1S/C11H11FO2/c12-7-9-6-10(11(13)14-9)8-4-2-1-3-5-8/h1-5,9-10H,6-7H2. The Balaban J connectivity index is 2.17. The predicted molar refractivity (Wildman–Crippen MR) is 49.7 cm³/mol. The Kier molecular flexibility index (Phi) is 2.48. The summed E-state index contributed by atoms with van der Waals surface area (Å²) < 4.78 is 17.1. The lowest BCUT2D eigenvalue weighted by atomic mass is 9.96. The Morgan fingerprint density at radius 1 is 1.36 bits per heavy atom. The van der Waals surface area contributed by atoms with E-state index < -0.39 is 12.8 Å². The van der Waals surface area contributed by atoms with Gasteiger partial charge in [-0.25, -0.2) is 4.39 Å². The summed E-state index contributed by atoms with van der Waals surface area (Å²) in [5.41, 5.74) is 0.911. The molecule has 1 heterocycles. The van der Waals surface area contributed by atoms with Crippen LogP contribution in [0.25, 0.3) is 0 Å². The first kappa shape index (κ1) is 9.19. The van der Waals surface area contributed by atoms with Crippen LogP contribution in [0, 0.1) is 0 Å². The molecule has 3 heteroatoms. The Morgan fingerprint density at radius 3 is 2.64 bits per heavy atom. The molecular formula is C11H11FO2. The molecule has 0 aliphatic carbocycles. The minimum atomic E-state index is -0.588. The van der Waals surface area contributed by atoms with E-state index in [2.05, 4.69) is 0 Å². The van der Waals surface area contributed by atoms with Gasteiger partial charge in [-0.1, -0.05) is 30.3 Å². The second kappa shape index (κ2) is 3.78. The van der Waals surface area contributed by atoms with Crippen LogP contribution < -0.4 is 0 Å². The smallest absolute Gasteiger partial charge is 0.313 e. The molecule has 0 amide bonds. The summed E-state index contributed by atoms with van der Waals surface area (Å²) >= 11 is 0. The van der Waals surface area contributed by atoms with Crippen molar-refractivity contribution in [2.75, 3.05) is 6.67 Å². The maximum atomic E-state index is 12.3. The number of rotatable bonds is 2. The number of hydrogen-bond acceptors (Lipinski definition) is 2. The summed E-state index contributed by atoms with van der Waals surface area (Å²) in [4.78, 5) is 11.4. The molecule has 0 saturated carbocycles. The quantitative estimate of drug-likeness (QED) is 0.673. The van der Waals surface area contributed by atoms with E-state index in [-0.39, 0.29) is 11.9 Å². The molecule has 14 heavy (non-hydrogen) atoms. The summed E-state index contributed by atoms with van der Waals surface area (Å²) in [6, 6.07) is 9.35. The Labute approximate surface area is 81.7 Å². The molecule has 1 saturated heterocycles. The van der Waals surface area contributed by atoms with Crippen molar-refractivity contribution < 1.29 is 13.9 Å². The van der Waals surface area contributed by atoms with Crippen LogP contribution in [-0.4, -0.2) is 18.7 Å². The predicted octanol–water partition coefficient (Wildman–Crippen LogP) is 2.06. The third-order valence-corrected chi connectivity index (χ3v) is 2.44. The van der Waals surface area contributed by atoms with E-state index in [1.54, 1.807) is 0 Å². The largest absolute Gasteiger partial charge is 0.459 e. The summed E-state index contributed by atoms with van der Waals surface area (Å²) in [5.74, 6) is -0.587. The lowest BCUT2D eigenvalue weighted by Gasteiger charge is -2.03. The fourth-order valence-electron chi connectivity index (χ4n) is 1.71. The number of benzene rings is 1. The molecule has 1 aliphatic heterocycles. The van der Waals surface area contributed by atoms with Gasteiger partial charge in [-0.2, -0.15) is 0 Å². The van der Waals surface area contributed by atoms with Crippen molar-refractivity contribution in [3.8, 4) is 0 Å². The van der Waals surface area contributed by atoms with Gasteiger partial charge < -0.3 is 4.74 Å². The van der Waals surface area contributed by atoms with E-state index in [0.29, 0.717) is 6.42 Å². The second-order valence-electron chi connectivity index (χ2n) is 3.41. The van der Waals surface area contributed by atoms with E-state index in [1.165, 1.54) is 0 Å². The number of carbonyl (C=O) groups excluding carboxylic acids is 1. The van der Waals surface area contributed by atoms with E-state index >= 15 is 0 Å². The number of esters is 1. The maximum absolute atomic E-state index is 12.3. The minimum absolute atomic E-state index is 0.281. The fourth-order valence-corrected chi connectivity index (χ4v) is 1.71. The lowest BCUT2D eigenvalue weighted by Crippen LogP contribution is -2.08. The molecule has 2 nitrogen and oxygen atoms in total. The highest BCUT2D eigenvalue weighted by Crippen LogP contribution is 2.30. The molecule has 2 atom stereocenters. The van der Waals surface area contributed by atoms with E-state index in [1.807, 2.05) is 30.3 Å². The first-order chi connectivity index (χ1) is 6.81. The zero-order valence-corrected chi connectivity index (χ0v) is 7.65. The molecule has 1 aromatic carbocycles. The number of ether oxygens (including phenoxy) is 1. The van der Waals surface area contributed by atoms with Gasteiger partial charge in [-0.05, 0) is 5.56 Å². The molecule has 2 unspecified atom stereocenters. The number of cyclic esters (lactones) is 1. The maximum Gasteiger partial charge on any atom is 0.313 e. The lowest BCUT2D eigenvalue weighted by molar-refractivity contribution is -0.143. The summed E-state index contributed by atoms with van der Waals surface area (Å²) in [6.07, 6.45) is -0.0907. The monoisotopic (exact) mass is 194 g/mol. The van der Waals surface area contributed by atoms with Gasteiger partial charge in [0.15, 0.2) is 0 Å². The summed E-state index contributed by atoms with van der Waals surface area (Å²) in [6.45, 7) is -0.588. The van der Waals surface area contributed by atoms with Crippen LogP contribution in [0.5, 0.6) is 0 Å². The van der Waals surface area contributed by atoms with Gasteiger partial charge in [0.1, 0.15) is 12.8 Å². The zero-order chi connectivity index (χ0) is 9.97. The third-order valence-electron chi connectivity index (χ3n) is 2.44. The normalized spacial score (nSPS) is 26.2. The first-order valence-corrected chi connectivity index (χ1v) is 4.62. The van der Waals surface area contributed by atoms with Gasteiger partial charge in [-0.3, -0.25) is 4.79 Å². The topological polar surface area (TPSA) is 26.3 Å². The highest BCUT2D eigenvalue weighted by molar-refractivity contribution is 5.80. The molecule has 1 aromatic rings. The number of halogens is 1. The van der Waals surface area contributed by atoms with Crippen LogP contribution in [-0.2, 0) is 9.53 Å². The molecule has 0 radical (unpaired) electrons. The van der Waals surface area contributed by atoms with E-state index in [9.17, 15) is 9.18 Å². The third kappa shape index (κ3) is 1.62. The van der Waals surface area contributed by atoms with Crippen molar-refractivity contribution in [3.05, 3.63) is 35.9 Å². The van der Waals surface area contributed by atoms with Crippen molar-refractivity contribution in [2.45, 2.75) is 18.4 Å². The van der Waals surface area contributed by atoms with Gasteiger partial charge >= 0.3 is 5.97 Å². The van der Waals surface area contributed by atoms with Crippen LogP contribution in [0.4, 0.5) is 4.39 Å². The van der Waals surface area contributed by atoms with Gasteiger partial charge in [0, 0.05) is 6.42 Å². The van der Waals surface area contributed by atoms with Crippen LogP contribution in [0.1, 0.15) is 17.9 Å². The molecule has 0 bridgehead atoms. The van der Waals surface area contributed by atoms with Crippen molar-refractivity contribution in [2.24, 2.45) is 0 Å². The van der Waals surface area contributed by atoms with Crippen LogP contribution in [0.3, 0.4) is 0 Å². The molecule has 1 aliphatic rings. The molecule has 2 rings (SSSR count). The summed E-state index contributed by atoms with van der Waals surface area (Å²) in [7, 11) is 0. The van der Waals surface area contributed by atoms with Crippen molar-refractivity contribution in [1.82, 2.24) is 0 Å². The highest BCUT2D eigenvalue weighted by atomic mass is 19.1. The number of alkyl halides is 1. The van der Waals surface area contributed by atoms with Crippen LogP contribution >= 0.6 is 0 Å². The first-order valence-electron chi connectivity index (χ1n) is 4.62. The van der Waals surface area contributed by atoms with E-state index in [0.717, 1.165) is 5.56 Å². The minimum Gasteiger partial charge on any atom is -0.459 e. The highest BCUT2D eigenvalue weighted by Gasteiger charge is 2.35. The summed E-state index contributed by atoms with van der Waals surface area (Å²) in [5, 5.41) is 0. The average Bonchev–Trinajstić information content (AvgIpc) is 2.61. The van der Waals surface area contributed by atoms with Crippen molar-refractivity contribution in [3.63, 3.8) is 0 Å². The zero-order valence-electron chi connectivity index (χ0n) is 7.65. The average molecular weight is 194 g/mol. The number of carbonyl (C=O) groups is 1. The van der Waals surface area contributed by atoms with Crippen LogP contribution in [0.2, 0.25) is 0 Å². The van der Waals surface area contributed by atoms with Gasteiger partial charge in [0.25, 0.3) is 0 Å². The Morgan fingerprint density at radius 2 is 2.07 bits per heavy atom. The van der Waals surface area contributed by atoms with Crippen LogP contribution in [0.15, 0.2) is 30.3 Å². The van der Waals surface area contributed by atoms with Crippen molar-refractivity contribution in [1.29, 1.82) is 0 Å². The molecule has 0 aromatic heterocycles. The SMILES string of the molecule is O=C1OC(CF)CC1c1ccccc1. The fraction of sp³-hybridized carbons (Fsp3) is 0.364. The van der Waals surface area contributed by atoms with Gasteiger partial charge in [0.05, 0.1) is 5.92 Å². The van der Waals surface area contributed by atoms with E-state index in [4.69, 9.17) is 4.74 Å². The molecule has 74 valence electrons. The molecule has 0 spiro atoms. The molecular weight excluding hydrogens is 183 g/mol. The molecule has 1 fully saturated rings. The van der Waals surface area contributed by atoms with Gasteiger partial charge in [-0.15, -0.1) is 0 Å². The second-order valence-corrected chi connectivity index (χ2v) is 3.41. The van der Waals surface area contributed by atoms with Crippen molar-refractivity contribution >= 4 is 5.97 Å². The number of hydrogen-bond donors (Lipinski definition) is 0. The Hall–Kier alpha value is -1.38. The van der Waals surface area contributed by atoms with Gasteiger partial charge in [0.2, 0.25) is 0 Å². The molecule has 0 N–H and O–H groups in total. The Bertz CT molecular complexity index is 323.